The van der Waals surface area contributed by atoms with Crippen molar-refractivity contribution in [3.05, 3.63) is 0 Å². The van der Waals surface area contributed by atoms with Crippen LogP contribution >= 0.6 is 11.8 Å². The maximum Gasteiger partial charge on any atom is 0.233 e. The van der Waals surface area contributed by atoms with Gasteiger partial charge in [-0.2, -0.15) is 4.51 Å². The Morgan fingerprint density at radius 3 is 1.69 bits per heavy atom. The highest BCUT2D eigenvalue weighted by atomic mass is 35.5. The molecule has 0 aromatic carbocycles. The van der Waals surface area contributed by atoms with Crippen LogP contribution < -0.4 is 11.1 Å². The fourth-order valence-corrected chi connectivity index (χ4v) is 3.66. The van der Waals surface area contributed by atoms with Crippen LogP contribution in [0, 0.1) is 5.41 Å². The van der Waals surface area contributed by atoms with Gasteiger partial charge in [-0.1, -0.05) is 90.4 Å². The van der Waals surface area contributed by atoms with Crippen LogP contribution in [0.15, 0.2) is 4.51 Å². The van der Waals surface area contributed by atoms with Crippen LogP contribution in [0.25, 0.3) is 0 Å². The summed E-state index contributed by atoms with van der Waals surface area (Å²) in [5.41, 5.74) is 5.13. The third-order valence-corrected chi connectivity index (χ3v) is 5.76. The van der Waals surface area contributed by atoms with E-state index in [0.29, 0.717) is 0 Å². The van der Waals surface area contributed by atoms with Crippen molar-refractivity contribution >= 4 is 23.5 Å². The van der Waals surface area contributed by atoms with Gasteiger partial charge in [-0.3, -0.25) is 4.79 Å². The van der Waals surface area contributed by atoms with Crippen molar-refractivity contribution in [2.75, 3.05) is 6.54 Å². The molecule has 0 aromatic heterocycles. The van der Waals surface area contributed by atoms with Crippen LogP contribution in [-0.4, -0.2) is 18.3 Å². The third-order valence-electron chi connectivity index (χ3n) is 5.58. The predicted molar refractivity (Wildman–Crippen MR) is 112 cm³/mol. The van der Waals surface area contributed by atoms with E-state index in [0.717, 1.165) is 25.8 Å². The van der Waals surface area contributed by atoms with Crippen LogP contribution in [0.3, 0.4) is 0 Å². The highest BCUT2D eigenvalue weighted by molar-refractivity contribution is 6.23. The molecule has 152 valence electrons. The number of hydrogen-bond acceptors (Lipinski definition) is 2. The van der Waals surface area contributed by atoms with E-state index in [4.69, 9.17) is 17.5 Å². The maximum absolute atomic E-state index is 12.1. The number of nitrogens with one attached hydrogen (secondary N) is 1. The largest absolute Gasteiger partial charge is 0.385 e. The Morgan fingerprint density at radius 1 is 0.885 bits per heavy atom. The fourth-order valence-electron chi connectivity index (χ4n) is 3.50. The van der Waals surface area contributed by atoms with Crippen LogP contribution in [0.4, 0.5) is 0 Å². The van der Waals surface area contributed by atoms with E-state index in [-0.39, 0.29) is 11.7 Å². The molecule has 1 rings (SSSR count). The van der Waals surface area contributed by atoms with Crippen molar-refractivity contribution in [3.63, 3.8) is 0 Å². The van der Waals surface area contributed by atoms with Crippen molar-refractivity contribution in [2.24, 2.45) is 15.7 Å². The van der Waals surface area contributed by atoms with Crippen molar-refractivity contribution in [1.82, 2.24) is 5.32 Å². The van der Waals surface area contributed by atoms with Gasteiger partial charge in [0, 0.05) is 18.3 Å². The molecule has 5 heteroatoms. The number of amidine groups is 1. The van der Waals surface area contributed by atoms with Gasteiger partial charge in [0.2, 0.25) is 5.91 Å². The zero-order valence-corrected chi connectivity index (χ0v) is 17.6. The molecule has 0 saturated heterocycles. The minimum Gasteiger partial charge on any atom is -0.385 e. The quantitative estimate of drug-likeness (QED) is 0.186. The molecule has 1 amide bonds. The lowest BCUT2D eigenvalue weighted by atomic mass is 10.0. The SMILES string of the molecule is CCCCCCCCCCCCCCCCNC(=O)C1(/C(N)=N/Cl)CC1. The van der Waals surface area contributed by atoms with Crippen LogP contribution in [0.1, 0.15) is 110 Å². The van der Waals surface area contributed by atoms with Crippen molar-refractivity contribution in [2.45, 2.75) is 110 Å². The van der Waals surface area contributed by atoms with Crippen molar-refractivity contribution < 1.29 is 4.79 Å². The standard InChI is InChI=1S/C21H40ClN3O/c1-2-3-4-5-6-7-8-9-10-11-12-13-14-15-18-24-20(26)21(16-17-21)19(23)25-22/h2-18H2,1H3,(H2,23,25)(H,24,26). The average Bonchev–Trinajstić information content (AvgIpc) is 3.46. The molecule has 0 radical (unpaired) electrons. The van der Waals surface area contributed by atoms with E-state index in [1.54, 1.807) is 0 Å². The number of amides is 1. The molecule has 1 aliphatic carbocycles. The number of carbonyl (C=O) groups is 1. The monoisotopic (exact) mass is 385 g/mol. The van der Waals surface area contributed by atoms with E-state index in [1.165, 1.54) is 83.5 Å². The number of halogens is 1. The minimum absolute atomic E-state index is 0.00547. The van der Waals surface area contributed by atoms with Gasteiger partial charge in [0.25, 0.3) is 0 Å². The molecule has 3 N–H and O–H groups in total. The number of hydrogen-bond donors (Lipinski definition) is 2. The maximum atomic E-state index is 12.1. The molecule has 0 aromatic rings. The highest BCUT2D eigenvalue weighted by Gasteiger charge is 2.53. The second kappa shape index (κ2) is 14.3. The summed E-state index contributed by atoms with van der Waals surface area (Å²) in [6.07, 6.45) is 20.3. The Labute approximate surface area is 165 Å². The Bertz CT molecular complexity index is 408. The van der Waals surface area contributed by atoms with E-state index in [2.05, 4.69) is 16.8 Å². The van der Waals surface area contributed by atoms with E-state index >= 15 is 0 Å². The van der Waals surface area contributed by atoms with Crippen LogP contribution in [0.2, 0.25) is 0 Å². The number of nitrogens with two attached hydrogens (primary N) is 1. The van der Waals surface area contributed by atoms with Crippen LogP contribution in [-0.2, 0) is 4.79 Å². The summed E-state index contributed by atoms with van der Waals surface area (Å²) >= 11 is 5.40. The summed E-state index contributed by atoms with van der Waals surface area (Å²) in [6.45, 7) is 3.00. The van der Waals surface area contributed by atoms with Gasteiger partial charge in [0.05, 0.1) is 0 Å². The Kier molecular flexibility index (Phi) is 12.8. The smallest absolute Gasteiger partial charge is 0.233 e. The van der Waals surface area contributed by atoms with Gasteiger partial charge in [0.1, 0.15) is 11.3 Å². The van der Waals surface area contributed by atoms with Crippen molar-refractivity contribution in [1.29, 1.82) is 0 Å². The molecule has 1 fully saturated rings. The van der Waals surface area contributed by atoms with Gasteiger partial charge in [-0.15, -0.1) is 0 Å². The molecular formula is C21H40ClN3O. The van der Waals surface area contributed by atoms with E-state index in [1.807, 2.05) is 0 Å². The van der Waals surface area contributed by atoms with Gasteiger partial charge >= 0.3 is 0 Å². The zero-order valence-electron chi connectivity index (χ0n) is 16.8. The summed E-state index contributed by atoms with van der Waals surface area (Å²) in [5, 5.41) is 2.99. The van der Waals surface area contributed by atoms with Gasteiger partial charge in [-0.05, 0) is 19.3 Å². The fraction of sp³-hybridized carbons (Fsp3) is 0.905. The van der Waals surface area contributed by atoms with E-state index < -0.39 is 5.41 Å². The Hall–Kier alpha value is -0.770. The lowest BCUT2D eigenvalue weighted by Gasteiger charge is -2.13. The molecule has 0 heterocycles. The van der Waals surface area contributed by atoms with Gasteiger partial charge in [0.15, 0.2) is 0 Å². The first kappa shape index (κ1) is 23.3. The predicted octanol–water partition coefficient (Wildman–Crippen LogP) is 5.88. The molecule has 1 aliphatic rings. The normalized spacial score (nSPS) is 15.8. The second-order valence-electron chi connectivity index (χ2n) is 7.90. The Morgan fingerprint density at radius 2 is 1.31 bits per heavy atom. The number of carbonyl (C=O) groups excluding carboxylic acids is 1. The zero-order chi connectivity index (χ0) is 19.1. The summed E-state index contributed by atoms with van der Waals surface area (Å²) in [7, 11) is 0. The Balaban J connectivity index is 1.82. The summed E-state index contributed by atoms with van der Waals surface area (Å²) in [4.78, 5) is 12.1. The molecule has 1 saturated carbocycles. The van der Waals surface area contributed by atoms with E-state index in [9.17, 15) is 4.79 Å². The molecular weight excluding hydrogens is 346 g/mol. The lowest BCUT2D eigenvalue weighted by molar-refractivity contribution is -0.124. The van der Waals surface area contributed by atoms with Gasteiger partial charge in [-0.25, -0.2) is 0 Å². The first-order chi connectivity index (χ1) is 12.7. The highest BCUT2D eigenvalue weighted by Crippen LogP contribution is 2.46. The first-order valence-corrected chi connectivity index (χ1v) is 11.2. The molecule has 0 atom stereocenters. The lowest BCUT2D eigenvalue weighted by Crippen LogP contribution is -2.40. The topological polar surface area (TPSA) is 67.5 Å². The summed E-state index contributed by atoms with van der Waals surface area (Å²) < 4.78 is 3.47. The summed E-state index contributed by atoms with van der Waals surface area (Å²) in [5.74, 6) is 0.256. The van der Waals surface area contributed by atoms with Crippen LogP contribution in [0.5, 0.6) is 0 Å². The second-order valence-corrected chi connectivity index (χ2v) is 8.07. The molecule has 0 unspecified atom stereocenters. The minimum atomic E-state index is -0.599. The molecule has 0 aliphatic heterocycles. The molecule has 0 spiro atoms. The molecule has 0 bridgehead atoms. The number of nitrogens with zero attached hydrogens (tertiary/aromatic N) is 1. The number of rotatable bonds is 17. The molecule has 26 heavy (non-hydrogen) atoms. The van der Waals surface area contributed by atoms with Crippen molar-refractivity contribution in [3.8, 4) is 0 Å². The summed E-state index contributed by atoms with van der Waals surface area (Å²) in [6, 6.07) is 0. The number of unbranched alkanes of at least 4 members (excludes halogenated alkanes) is 13. The third kappa shape index (κ3) is 9.25. The first-order valence-electron chi connectivity index (χ1n) is 10.9. The van der Waals surface area contributed by atoms with Gasteiger partial charge < -0.3 is 11.1 Å². The average molecular weight is 386 g/mol. The molecule has 4 nitrogen and oxygen atoms in total.